The molecule has 0 N–H and O–H groups in total. The van der Waals surface area contributed by atoms with E-state index in [2.05, 4.69) is 25.8 Å². The predicted octanol–water partition coefficient (Wildman–Crippen LogP) is 4.83. The lowest BCUT2D eigenvalue weighted by molar-refractivity contribution is -0.0949. The zero-order valence-electron chi connectivity index (χ0n) is 13.9. The third kappa shape index (κ3) is 3.40. The Morgan fingerprint density at radius 3 is 2.19 bits per heavy atom. The van der Waals surface area contributed by atoms with Crippen molar-refractivity contribution in [2.24, 2.45) is 5.41 Å². The number of rotatable bonds is 4. The average Bonchev–Trinajstić information content (AvgIpc) is 2.41. The first-order valence-electron chi connectivity index (χ1n) is 8.01. The summed E-state index contributed by atoms with van der Waals surface area (Å²) < 4.78 is 6.15. The van der Waals surface area contributed by atoms with E-state index in [0.29, 0.717) is 17.2 Å². The van der Waals surface area contributed by atoms with Gasteiger partial charge in [0.25, 0.3) is 0 Å². The molecule has 0 spiro atoms. The predicted molar refractivity (Wildman–Crippen MR) is 86.7 cm³/mol. The Kier molecular flexibility index (Phi) is 4.94. The Morgan fingerprint density at radius 1 is 1.10 bits per heavy atom. The van der Waals surface area contributed by atoms with Gasteiger partial charge in [-0.1, -0.05) is 32.4 Å². The van der Waals surface area contributed by atoms with Crippen LogP contribution in [0.25, 0.3) is 0 Å². The Morgan fingerprint density at radius 2 is 1.71 bits per heavy atom. The molecule has 1 heterocycles. The Balaban J connectivity index is 2.40. The summed E-state index contributed by atoms with van der Waals surface area (Å²) >= 11 is 6.37. The highest BCUT2D eigenvalue weighted by molar-refractivity contribution is 6.30. The van der Waals surface area contributed by atoms with Crippen molar-refractivity contribution in [3.8, 4) is 0 Å². The summed E-state index contributed by atoms with van der Waals surface area (Å²) in [5.41, 5.74) is 2.05. The molecule has 0 atom stereocenters. The number of hydrogen-bond donors (Lipinski definition) is 0. The van der Waals surface area contributed by atoms with Crippen LogP contribution in [-0.4, -0.2) is 16.6 Å². The lowest BCUT2D eigenvalue weighted by Crippen LogP contribution is -2.39. The minimum Gasteiger partial charge on any atom is -0.367 e. The number of hydrogen-bond acceptors (Lipinski definition) is 3. The van der Waals surface area contributed by atoms with Crippen molar-refractivity contribution in [2.45, 2.75) is 72.3 Å². The van der Waals surface area contributed by atoms with E-state index >= 15 is 0 Å². The molecule has 0 unspecified atom stereocenters. The van der Waals surface area contributed by atoms with Gasteiger partial charge in [0.1, 0.15) is 10.8 Å². The van der Waals surface area contributed by atoms with E-state index in [9.17, 15) is 0 Å². The third-order valence-corrected chi connectivity index (χ3v) is 5.07. The van der Waals surface area contributed by atoms with Crippen LogP contribution in [-0.2, 0) is 16.8 Å². The molecule has 1 saturated carbocycles. The molecule has 0 radical (unpaired) electrons. The maximum absolute atomic E-state index is 6.37. The maximum atomic E-state index is 6.37. The van der Waals surface area contributed by atoms with Crippen LogP contribution < -0.4 is 0 Å². The van der Waals surface area contributed by atoms with Gasteiger partial charge >= 0.3 is 0 Å². The lowest BCUT2D eigenvalue weighted by Gasteiger charge is -2.42. The third-order valence-electron chi connectivity index (χ3n) is 4.76. The summed E-state index contributed by atoms with van der Waals surface area (Å²) in [6, 6.07) is 0. The van der Waals surface area contributed by atoms with E-state index in [0.717, 1.165) is 49.2 Å². The standard InChI is InChI=1S/C17H27ClN2O/c1-6-13-12(3)19-15(20-14(13)18)17(21-7-2)10-8-16(4,5)9-11-17/h6-11H2,1-5H3. The van der Waals surface area contributed by atoms with Crippen LogP contribution in [0.4, 0.5) is 0 Å². The van der Waals surface area contributed by atoms with Crippen LogP contribution in [0.3, 0.4) is 0 Å². The molecule has 1 aromatic rings. The zero-order chi connectivity index (χ0) is 15.7. The van der Waals surface area contributed by atoms with Crippen molar-refractivity contribution in [3.63, 3.8) is 0 Å². The molecule has 3 nitrogen and oxygen atoms in total. The van der Waals surface area contributed by atoms with Crippen LogP contribution in [0.2, 0.25) is 5.15 Å². The number of ether oxygens (including phenoxy) is 1. The van der Waals surface area contributed by atoms with Gasteiger partial charge in [-0.3, -0.25) is 0 Å². The van der Waals surface area contributed by atoms with Crippen molar-refractivity contribution >= 4 is 11.6 Å². The number of aryl methyl sites for hydroxylation is 1. The monoisotopic (exact) mass is 310 g/mol. The second kappa shape index (κ2) is 6.21. The van der Waals surface area contributed by atoms with Gasteiger partial charge in [-0.2, -0.15) is 0 Å². The zero-order valence-corrected chi connectivity index (χ0v) is 14.7. The van der Waals surface area contributed by atoms with Crippen LogP contribution >= 0.6 is 11.6 Å². The molecule has 4 heteroatoms. The van der Waals surface area contributed by atoms with Gasteiger partial charge in [-0.15, -0.1) is 0 Å². The summed E-state index contributed by atoms with van der Waals surface area (Å²) in [6.07, 6.45) is 5.05. The molecule has 0 saturated heterocycles. The molecule has 0 aliphatic heterocycles. The first kappa shape index (κ1) is 16.7. The molecule has 0 amide bonds. The van der Waals surface area contributed by atoms with E-state index in [1.165, 1.54) is 0 Å². The highest BCUT2D eigenvalue weighted by atomic mass is 35.5. The fourth-order valence-electron chi connectivity index (χ4n) is 3.21. The summed E-state index contributed by atoms with van der Waals surface area (Å²) in [7, 11) is 0. The van der Waals surface area contributed by atoms with E-state index in [1.54, 1.807) is 0 Å². The Bertz CT molecular complexity index is 481. The van der Waals surface area contributed by atoms with Gasteiger partial charge in [0.15, 0.2) is 5.82 Å². The normalized spacial score (nSPS) is 20.5. The summed E-state index contributed by atoms with van der Waals surface area (Å²) in [5, 5.41) is 0.587. The second-order valence-electron chi connectivity index (χ2n) is 6.85. The SMILES string of the molecule is CCOC1(c2nc(C)c(CC)c(Cl)n2)CCC(C)(C)CC1. The van der Waals surface area contributed by atoms with Crippen LogP contribution in [0.1, 0.15) is 70.5 Å². The quantitative estimate of drug-likeness (QED) is 0.747. The number of halogens is 1. The summed E-state index contributed by atoms with van der Waals surface area (Å²) in [4.78, 5) is 9.34. The summed E-state index contributed by atoms with van der Waals surface area (Å²) in [6.45, 7) is 11.5. The first-order valence-corrected chi connectivity index (χ1v) is 8.39. The fourth-order valence-corrected chi connectivity index (χ4v) is 3.56. The topological polar surface area (TPSA) is 35.0 Å². The minimum absolute atomic E-state index is 0.356. The molecule has 1 fully saturated rings. The second-order valence-corrected chi connectivity index (χ2v) is 7.21. The van der Waals surface area contributed by atoms with E-state index in [1.807, 2.05) is 13.8 Å². The van der Waals surface area contributed by atoms with Crippen molar-refractivity contribution in [2.75, 3.05) is 6.61 Å². The molecule has 0 aromatic carbocycles. The number of nitrogens with zero attached hydrogens (tertiary/aromatic N) is 2. The maximum Gasteiger partial charge on any atom is 0.162 e. The van der Waals surface area contributed by atoms with E-state index in [-0.39, 0.29) is 5.60 Å². The van der Waals surface area contributed by atoms with E-state index in [4.69, 9.17) is 21.3 Å². The Labute approximate surface area is 133 Å². The largest absolute Gasteiger partial charge is 0.367 e. The van der Waals surface area contributed by atoms with Crippen molar-refractivity contribution in [1.82, 2.24) is 9.97 Å². The minimum atomic E-state index is -0.356. The first-order chi connectivity index (χ1) is 9.83. The molecule has 1 aromatic heterocycles. The summed E-state index contributed by atoms with van der Waals surface area (Å²) in [5.74, 6) is 0.777. The molecule has 1 aliphatic rings. The number of aromatic nitrogens is 2. The van der Waals surface area contributed by atoms with Gasteiger partial charge in [-0.25, -0.2) is 9.97 Å². The molecular weight excluding hydrogens is 284 g/mol. The van der Waals surface area contributed by atoms with Crippen molar-refractivity contribution in [3.05, 3.63) is 22.2 Å². The fraction of sp³-hybridized carbons (Fsp3) is 0.765. The molecule has 2 rings (SSSR count). The highest BCUT2D eigenvalue weighted by Crippen LogP contribution is 2.46. The smallest absolute Gasteiger partial charge is 0.162 e. The Hall–Kier alpha value is -0.670. The van der Waals surface area contributed by atoms with Gasteiger partial charge < -0.3 is 4.74 Å². The van der Waals surface area contributed by atoms with E-state index < -0.39 is 0 Å². The van der Waals surface area contributed by atoms with Crippen LogP contribution in [0.5, 0.6) is 0 Å². The molecule has 1 aliphatic carbocycles. The van der Waals surface area contributed by atoms with Crippen molar-refractivity contribution in [1.29, 1.82) is 0 Å². The molecule has 118 valence electrons. The van der Waals surface area contributed by atoms with Gasteiger partial charge in [0, 0.05) is 17.9 Å². The van der Waals surface area contributed by atoms with Gasteiger partial charge in [-0.05, 0) is 51.4 Å². The molecule has 21 heavy (non-hydrogen) atoms. The average molecular weight is 311 g/mol. The highest BCUT2D eigenvalue weighted by Gasteiger charge is 2.43. The van der Waals surface area contributed by atoms with Crippen LogP contribution in [0, 0.1) is 12.3 Å². The molecule has 0 bridgehead atoms. The van der Waals surface area contributed by atoms with Gasteiger partial charge in [0.05, 0.1) is 0 Å². The van der Waals surface area contributed by atoms with Crippen LogP contribution in [0.15, 0.2) is 0 Å². The molecular formula is C17H27ClN2O. The van der Waals surface area contributed by atoms with Crippen molar-refractivity contribution < 1.29 is 4.74 Å². The van der Waals surface area contributed by atoms with Gasteiger partial charge in [0.2, 0.25) is 0 Å². The lowest BCUT2D eigenvalue weighted by atomic mass is 9.70.